The summed E-state index contributed by atoms with van der Waals surface area (Å²) in [5, 5.41) is 9.29. The highest BCUT2D eigenvalue weighted by Gasteiger charge is 2.49. The Labute approximate surface area is 75.1 Å². The number of halogens is 1. The van der Waals surface area contributed by atoms with Crippen molar-refractivity contribution in [3.8, 4) is 0 Å². The van der Waals surface area contributed by atoms with Crippen molar-refractivity contribution in [2.75, 3.05) is 6.54 Å². The van der Waals surface area contributed by atoms with Gasteiger partial charge in [-0.1, -0.05) is 0 Å². The molecule has 1 spiro atoms. The van der Waals surface area contributed by atoms with Gasteiger partial charge in [-0.15, -0.1) is 0 Å². The molecule has 0 aromatic carbocycles. The number of aliphatic hydroxyl groups is 1. The zero-order valence-corrected chi connectivity index (χ0v) is 8.04. The lowest BCUT2D eigenvalue weighted by Gasteiger charge is -2.33. The summed E-state index contributed by atoms with van der Waals surface area (Å²) in [6.45, 7) is 0.876. The van der Waals surface area contributed by atoms with Crippen LogP contribution in [0.3, 0.4) is 0 Å². The lowest BCUT2D eigenvalue weighted by molar-refractivity contribution is 0.0872. The molecule has 0 aromatic heterocycles. The second-order valence-corrected chi connectivity index (χ2v) is 4.63. The van der Waals surface area contributed by atoms with Crippen molar-refractivity contribution in [2.24, 2.45) is 0 Å². The van der Waals surface area contributed by atoms with E-state index in [1.807, 2.05) is 0 Å². The minimum Gasteiger partial charge on any atom is -0.392 e. The molecule has 1 aliphatic carbocycles. The van der Waals surface area contributed by atoms with Gasteiger partial charge in [0.1, 0.15) is 0 Å². The maximum Gasteiger partial charge on any atom is 0.0676 e. The molecule has 0 aromatic rings. The number of β-amino-alcohol motifs (C(OH)–C–C–N with tert-alkyl or cyclic N) is 1. The first-order chi connectivity index (χ1) is 4.73. The van der Waals surface area contributed by atoms with E-state index >= 15 is 0 Å². The van der Waals surface area contributed by atoms with Gasteiger partial charge in [0.15, 0.2) is 0 Å². The van der Waals surface area contributed by atoms with Gasteiger partial charge >= 0.3 is 0 Å². The first-order valence-electron chi connectivity index (χ1n) is 3.84. The number of nitrogens with zero attached hydrogens (tertiary/aromatic N) is 1. The van der Waals surface area contributed by atoms with Crippen molar-refractivity contribution in [2.45, 2.75) is 37.3 Å². The summed E-state index contributed by atoms with van der Waals surface area (Å²) in [5.41, 5.74) is 0.528. The molecule has 10 heavy (non-hydrogen) atoms. The fourth-order valence-corrected chi connectivity index (χ4v) is 2.84. The molecule has 1 heterocycles. The Kier molecular flexibility index (Phi) is 1.69. The van der Waals surface area contributed by atoms with Crippen molar-refractivity contribution in [3.63, 3.8) is 0 Å². The summed E-state index contributed by atoms with van der Waals surface area (Å²) in [6, 6.07) is 0. The van der Waals surface area contributed by atoms with E-state index in [1.165, 1.54) is 19.3 Å². The summed E-state index contributed by atoms with van der Waals surface area (Å²) in [4.78, 5) is 0. The molecule has 0 amide bonds. The van der Waals surface area contributed by atoms with E-state index < -0.39 is 0 Å². The van der Waals surface area contributed by atoms with E-state index in [2.05, 4.69) is 26.0 Å². The Morgan fingerprint density at radius 1 is 1.40 bits per heavy atom. The van der Waals surface area contributed by atoms with E-state index in [-0.39, 0.29) is 6.10 Å². The van der Waals surface area contributed by atoms with Crippen LogP contribution >= 0.6 is 22.9 Å². The van der Waals surface area contributed by atoms with Crippen molar-refractivity contribution in [1.82, 2.24) is 3.11 Å². The van der Waals surface area contributed by atoms with Crippen molar-refractivity contribution in [1.29, 1.82) is 0 Å². The topological polar surface area (TPSA) is 23.5 Å². The highest BCUT2D eigenvalue weighted by Crippen LogP contribution is 2.49. The fraction of sp³-hybridized carbons (Fsp3) is 1.00. The first-order valence-corrected chi connectivity index (χ1v) is 4.81. The van der Waals surface area contributed by atoms with Gasteiger partial charge in [-0.3, -0.25) is 0 Å². The van der Waals surface area contributed by atoms with E-state index in [9.17, 15) is 5.11 Å². The van der Waals surface area contributed by atoms with Crippen LogP contribution in [0.2, 0.25) is 0 Å². The summed E-state index contributed by atoms with van der Waals surface area (Å²) in [6.07, 6.45) is 4.85. The summed E-state index contributed by atoms with van der Waals surface area (Å²) < 4.78 is 2.30. The predicted molar refractivity (Wildman–Crippen MR) is 47.9 cm³/mol. The molecule has 3 heteroatoms. The molecule has 1 unspecified atom stereocenters. The smallest absolute Gasteiger partial charge is 0.0676 e. The summed E-state index contributed by atoms with van der Waals surface area (Å²) in [7, 11) is 0. The van der Waals surface area contributed by atoms with E-state index in [1.54, 1.807) is 0 Å². The molecular formula is C7H12INO. The summed E-state index contributed by atoms with van der Waals surface area (Å²) in [5.74, 6) is 0. The lowest BCUT2D eigenvalue weighted by Crippen LogP contribution is -2.40. The van der Waals surface area contributed by atoms with Gasteiger partial charge in [0.25, 0.3) is 0 Å². The Morgan fingerprint density at radius 2 is 2.10 bits per heavy atom. The van der Waals surface area contributed by atoms with Crippen LogP contribution in [0.4, 0.5) is 0 Å². The molecule has 1 saturated carbocycles. The molecule has 58 valence electrons. The van der Waals surface area contributed by atoms with Crippen LogP contribution in [0.25, 0.3) is 0 Å². The van der Waals surface area contributed by atoms with Gasteiger partial charge in [0.05, 0.1) is 6.10 Å². The van der Waals surface area contributed by atoms with Crippen LogP contribution in [-0.4, -0.2) is 26.4 Å². The predicted octanol–water partition coefficient (Wildman–Crippen LogP) is 1.33. The Morgan fingerprint density at radius 3 is 2.60 bits per heavy atom. The molecular weight excluding hydrogens is 241 g/mol. The normalized spacial score (nSPS) is 38.4. The van der Waals surface area contributed by atoms with Crippen LogP contribution in [0.5, 0.6) is 0 Å². The van der Waals surface area contributed by atoms with Crippen LogP contribution in [0, 0.1) is 0 Å². The molecule has 0 radical (unpaired) electrons. The summed E-state index contributed by atoms with van der Waals surface area (Å²) >= 11 is 2.35. The van der Waals surface area contributed by atoms with Gasteiger partial charge in [-0.2, -0.15) is 0 Å². The Bertz CT molecular complexity index is 147. The maximum absolute atomic E-state index is 9.29. The third-order valence-corrected chi connectivity index (χ3v) is 4.07. The average Bonchev–Trinajstić information content (AvgIpc) is 2.62. The second-order valence-electron chi connectivity index (χ2n) is 3.46. The lowest BCUT2D eigenvalue weighted by atomic mass is 10.0. The van der Waals surface area contributed by atoms with Crippen molar-refractivity contribution >= 4 is 22.9 Å². The Hall–Kier alpha value is 0.650. The molecule has 2 aliphatic rings. The number of aliphatic hydroxyl groups excluding tert-OH is 1. The standard InChI is InChI=1S/C7H12INO/c8-9-5-6(10)1-2-7(9)3-4-7/h6,10H,1-5H2. The maximum atomic E-state index is 9.29. The second kappa shape index (κ2) is 2.32. The van der Waals surface area contributed by atoms with Crippen LogP contribution in [0.1, 0.15) is 25.7 Å². The third-order valence-electron chi connectivity index (χ3n) is 2.66. The first kappa shape index (κ1) is 7.31. The van der Waals surface area contributed by atoms with E-state index in [4.69, 9.17) is 0 Å². The van der Waals surface area contributed by atoms with Crippen LogP contribution < -0.4 is 0 Å². The molecule has 1 aliphatic heterocycles. The molecule has 1 atom stereocenters. The largest absolute Gasteiger partial charge is 0.392 e. The van der Waals surface area contributed by atoms with Gasteiger partial charge in [0, 0.05) is 34.9 Å². The van der Waals surface area contributed by atoms with Gasteiger partial charge in [-0.25, -0.2) is 3.11 Å². The van der Waals surface area contributed by atoms with Crippen molar-refractivity contribution < 1.29 is 5.11 Å². The van der Waals surface area contributed by atoms with E-state index in [0.29, 0.717) is 5.54 Å². The molecule has 1 N–H and O–H groups in total. The van der Waals surface area contributed by atoms with Crippen LogP contribution in [-0.2, 0) is 0 Å². The minimum absolute atomic E-state index is 0.0666. The SMILES string of the molecule is OC1CCC2(CC2)N(I)C1. The van der Waals surface area contributed by atoms with Crippen molar-refractivity contribution in [3.05, 3.63) is 0 Å². The number of rotatable bonds is 0. The minimum atomic E-state index is -0.0666. The van der Waals surface area contributed by atoms with Gasteiger partial charge in [-0.05, 0) is 25.7 Å². The zero-order valence-electron chi connectivity index (χ0n) is 5.89. The monoisotopic (exact) mass is 253 g/mol. The molecule has 1 saturated heterocycles. The van der Waals surface area contributed by atoms with Gasteiger partial charge in [0.2, 0.25) is 0 Å². The zero-order chi connectivity index (χ0) is 7.19. The molecule has 0 bridgehead atoms. The molecule has 2 rings (SSSR count). The van der Waals surface area contributed by atoms with Crippen LogP contribution in [0.15, 0.2) is 0 Å². The molecule has 2 nitrogen and oxygen atoms in total. The highest BCUT2D eigenvalue weighted by molar-refractivity contribution is 14.1. The Balaban J connectivity index is 2.01. The number of piperidine rings is 1. The molecule has 2 fully saturated rings. The number of hydrogen-bond donors (Lipinski definition) is 1. The average molecular weight is 253 g/mol. The third kappa shape index (κ3) is 1.08. The van der Waals surface area contributed by atoms with E-state index in [0.717, 1.165) is 13.0 Å². The highest BCUT2D eigenvalue weighted by atomic mass is 127. The number of hydrogen-bond acceptors (Lipinski definition) is 2. The quantitative estimate of drug-likeness (QED) is 0.520. The fourth-order valence-electron chi connectivity index (χ4n) is 1.66. The van der Waals surface area contributed by atoms with Gasteiger partial charge < -0.3 is 5.11 Å².